The summed E-state index contributed by atoms with van der Waals surface area (Å²) in [6.45, 7) is 5.82. The Kier molecular flexibility index (Phi) is 8.08. The Morgan fingerprint density at radius 2 is 1.66 bits per heavy atom. The molecule has 0 bridgehead atoms. The van der Waals surface area contributed by atoms with Crippen LogP contribution in [-0.2, 0) is 22.7 Å². The molecule has 35 heavy (non-hydrogen) atoms. The van der Waals surface area contributed by atoms with E-state index in [9.17, 15) is 19.2 Å². The molecule has 1 saturated heterocycles. The molecule has 1 saturated carbocycles. The zero-order valence-electron chi connectivity index (χ0n) is 21.0. The van der Waals surface area contributed by atoms with Crippen LogP contribution < -0.4 is 16.6 Å². The zero-order valence-corrected chi connectivity index (χ0v) is 21.0. The first-order valence-corrected chi connectivity index (χ1v) is 13.1. The molecule has 1 N–H and O–H groups in total. The smallest absolute Gasteiger partial charge is 0.331 e. The summed E-state index contributed by atoms with van der Waals surface area (Å²) in [6, 6.07) is 7.27. The third-order valence-electron chi connectivity index (χ3n) is 7.40. The maximum absolute atomic E-state index is 13.4. The molecule has 1 aliphatic heterocycles. The van der Waals surface area contributed by atoms with Gasteiger partial charge in [0.15, 0.2) is 0 Å². The minimum atomic E-state index is -0.462. The Labute approximate surface area is 206 Å². The molecule has 8 heteroatoms. The van der Waals surface area contributed by atoms with Crippen molar-refractivity contribution in [2.45, 2.75) is 84.3 Å². The molecule has 2 fully saturated rings. The van der Waals surface area contributed by atoms with Gasteiger partial charge in [0.2, 0.25) is 11.8 Å². The molecule has 2 aromatic rings. The first-order chi connectivity index (χ1) is 16.8. The SMILES string of the molecule is C[C@@H]1C[C@H](C)CN(C(=O)Cn2c(=O)n(CCCCC(=O)NC3CCCC3)c(=O)c3ccccc32)C1. The van der Waals surface area contributed by atoms with Crippen molar-refractivity contribution in [1.29, 1.82) is 0 Å². The first-order valence-electron chi connectivity index (χ1n) is 13.1. The van der Waals surface area contributed by atoms with E-state index < -0.39 is 5.69 Å². The van der Waals surface area contributed by atoms with Crippen molar-refractivity contribution >= 4 is 22.7 Å². The number of hydrogen-bond donors (Lipinski definition) is 1. The highest BCUT2D eigenvalue weighted by atomic mass is 16.2. The summed E-state index contributed by atoms with van der Waals surface area (Å²) >= 11 is 0. The van der Waals surface area contributed by atoms with E-state index in [0.29, 0.717) is 61.1 Å². The largest absolute Gasteiger partial charge is 0.353 e. The number of aromatic nitrogens is 2. The van der Waals surface area contributed by atoms with E-state index in [-0.39, 0.29) is 30.5 Å². The maximum Gasteiger partial charge on any atom is 0.331 e. The summed E-state index contributed by atoms with van der Waals surface area (Å²) in [5.74, 6) is 0.798. The van der Waals surface area contributed by atoms with Crippen LogP contribution in [-0.4, -0.2) is 45.0 Å². The van der Waals surface area contributed by atoms with Gasteiger partial charge in [0.25, 0.3) is 5.56 Å². The average molecular weight is 483 g/mol. The molecule has 8 nitrogen and oxygen atoms in total. The van der Waals surface area contributed by atoms with Gasteiger partial charge >= 0.3 is 5.69 Å². The number of likely N-dealkylation sites (tertiary alicyclic amines) is 1. The van der Waals surface area contributed by atoms with Crippen LogP contribution in [0.25, 0.3) is 10.9 Å². The average Bonchev–Trinajstić information content (AvgIpc) is 3.33. The molecule has 4 rings (SSSR count). The summed E-state index contributed by atoms with van der Waals surface area (Å²) in [7, 11) is 0. The Balaban J connectivity index is 1.48. The molecule has 2 amide bonds. The normalized spacial score (nSPS) is 20.9. The van der Waals surface area contributed by atoms with Crippen LogP contribution in [0.2, 0.25) is 0 Å². The van der Waals surface area contributed by atoms with Gasteiger partial charge < -0.3 is 10.2 Å². The van der Waals surface area contributed by atoms with Gasteiger partial charge in [-0.15, -0.1) is 0 Å². The highest BCUT2D eigenvalue weighted by Gasteiger charge is 2.26. The van der Waals surface area contributed by atoms with E-state index in [1.807, 2.05) is 4.90 Å². The van der Waals surface area contributed by atoms with Crippen LogP contribution in [0.5, 0.6) is 0 Å². The zero-order chi connectivity index (χ0) is 24.9. The van der Waals surface area contributed by atoms with Gasteiger partial charge in [-0.3, -0.25) is 23.5 Å². The number of carbonyl (C=O) groups is 2. The summed E-state index contributed by atoms with van der Waals surface area (Å²) in [4.78, 5) is 53.7. The molecule has 2 aliphatic rings. The van der Waals surface area contributed by atoms with E-state index in [4.69, 9.17) is 0 Å². The Hall–Kier alpha value is -2.90. The lowest BCUT2D eigenvalue weighted by Gasteiger charge is -2.35. The summed E-state index contributed by atoms with van der Waals surface area (Å²) in [6.07, 6.45) is 7.05. The summed E-state index contributed by atoms with van der Waals surface area (Å²) < 4.78 is 2.67. The van der Waals surface area contributed by atoms with Gasteiger partial charge in [0.05, 0.1) is 10.9 Å². The number of carbonyl (C=O) groups excluding carboxylic acids is 2. The van der Waals surface area contributed by atoms with Crippen molar-refractivity contribution < 1.29 is 9.59 Å². The molecule has 0 radical (unpaired) electrons. The van der Waals surface area contributed by atoms with E-state index in [1.165, 1.54) is 22.0 Å². The predicted octanol–water partition coefficient (Wildman–Crippen LogP) is 2.90. The third-order valence-corrected chi connectivity index (χ3v) is 7.40. The van der Waals surface area contributed by atoms with Crippen molar-refractivity contribution in [2.75, 3.05) is 13.1 Å². The van der Waals surface area contributed by atoms with Crippen LogP contribution in [0.4, 0.5) is 0 Å². The molecule has 0 spiro atoms. The second-order valence-corrected chi connectivity index (χ2v) is 10.6. The standard InChI is InChI=1S/C27H38N4O4/c1-19-15-20(2)17-29(16-19)25(33)18-31-23-12-6-5-11-22(23)26(34)30(27(31)35)14-8-7-13-24(32)28-21-9-3-4-10-21/h5-6,11-12,19-21H,3-4,7-10,13-18H2,1-2H3,(H,28,32)/t19-,20+. The number of piperidine rings is 1. The Morgan fingerprint density at radius 3 is 2.37 bits per heavy atom. The number of fused-ring (bicyclic) bond motifs is 1. The predicted molar refractivity (Wildman–Crippen MR) is 136 cm³/mol. The lowest BCUT2D eigenvalue weighted by molar-refractivity contribution is -0.134. The minimum Gasteiger partial charge on any atom is -0.353 e. The van der Waals surface area contributed by atoms with Crippen LogP contribution >= 0.6 is 0 Å². The van der Waals surface area contributed by atoms with Gasteiger partial charge in [-0.05, 0) is 56.1 Å². The first kappa shape index (κ1) is 25.2. The monoisotopic (exact) mass is 482 g/mol. The minimum absolute atomic E-state index is 0.0377. The van der Waals surface area contributed by atoms with Gasteiger partial charge in [-0.2, -0.15) is 0 Å². The number of benzene rings is 1. The molecule has 1 aromatic heterocycles. The van der Waals surface area contributed by atoms with Crippen molar-refractivity contribution in [3.05, 3.63) is 45.1 Å². The number of unbranched alkanes of at least 4 members (excludes halogenated alkanes) is 1. The molecule has 190 valence electrons. The molecule has 1 aromatic carbocycles. The number of hydrogen-bond acceptors (Lipinski definition) is 4. The van der Waals surface area contributed by atoms with Crippen molar-refractivity contribution in [1.82, 2.24) is 19.4 Å². The molecule has 2 atom stereocenters. The van der Waals surface area contributed by atoms with E-state index in [2.05, 4.69) is 19.2 Å². The second kappa shape index (κ2) is 11.2. The highest BCUT2D eigenvalue weighted by Crippen LogP contribution is 2.21. The fourth-order valence-electron chi connectivity index (χ4n) is 5.75. The molecular weight excluding hydrogens is 444 g/mol. The number of amides is 2. The summed E-state index contributed by atoms with van der Waals surface area (Å²) in [5.41, 5.74) is -0.318. The number of para-hydroxylation sites is 1. The summed E-state index contributed by atoms with van der Waals surface area (Å²) in [5, 5.41) is 3.51. The highest BCUT2D eigenvalue weighted by molar-refractivity contribution is 5.81. The second-order valence-electron chi connectivity index (χ2n) is 10.6. The van der Waals surface area contributed by atoms with E-state index in [1.54, 1.807) is 24.3 Å². The van der Waals surface area contributed by atoms with E-state index in [0.717, 1.165) is 19.3 Å². The van der Waals surface area contributed by atoms with Crippen LogP contribution in [0.1, 0.15) is 65.2 Å². The Bertz CT molecular complexity index is 1170. The lowest BCUT2D eigenvalue weighted by atomic mass is 9.92. The Morgan fingerprint density at radius 1 is 0.971 bits per heavy atom. The van der Waals surface area contributed by atoms with Crippen LogP contribution in [0.3, 0.4) is 0 Å². The topological polar surface area (TPSA) is 93.4 Å². The van der Waals surface area contributed by atoms with Crippen LogP contribution in [0.15, 0.2) is 33.9 Å². The maximum atomic E-state index is 13.4. The fraction of sp³-hybridized carbons (Fsp3) is 0.630. The van der Waals surface area contributed by atoms with E-state index >= 15 is 0 Å². The molecule has 1 aliphatic carbocycles. The van der Waals surface area contributed by atoms with Crippen molar-refractivity contribution in [3.63, 3.8) is 0 Å². The quantitative estimate of drug-likeness (QED) is 0.586. The molecule has 2 heterocycles. The lowest BCUT2D eigenvalue weighted by Crippen LogP contribution is -2.47. The molecular formula is C27H38N4O4. The van der Waals surface area contributed by atoms with Gasteiger partial charge in [0, 0.05) is 32.1 Å². The van der Waals surface area contributed by atoms with Gasteiger partial charge in [0.1, 0.15) is 6.54 Å². The number of nitrogens with zero attached hydrogens (tertiary/aromatic N) is 3. The number of rotatable bonds is 8. The van der Waals surface area contributed by atoms with Gasteiger partial charge in [-0.25, -0.2) is 4.79 Å². The van der Waals surface area contributed by atoms with Crippen LogP contribution in [0, 0.1) is 11.8 Å². The van der Waals surface area contributed by atoms with Crippen molar-refractivity contribution in [2.24, 2.45) is 11.8 Å². The number of nitrogens with one attached hydrogen (secondary N) is 1. The molecule has 0 unspecified atom stereocenters. The van der Waals surface area contributed by atoms with Crippen molar-refractivity contribution in [3.8, 4) is 0 Å². The fourth-order valence-corrected chi connectivity index (χ4v) is 5.75. The van der Waals surface area contributed by atoms with Gasteiger partial charge in [-0.1, -0.05) is 38.8 Å². The third kappa shape index (κ3) is 6.03.